The van der Waals surface area contributed by atoms with Gasteiger partial charge in [0, 0.05) is 31.3 Å². The third-order valence-corrected chi connectivity index (χ3v) is 4.86. The summed E-state index contributed by atoms with van der Waals surface area (Å²) in [6.07, 6.45) is 1.17. The largest absolute Gasteiger partial charge is 0.452 e. The van der Waals surface area contributed by atoms with E-state index in [1.165, 1.54) is 0 Å². The first-order chi connectivity index (χ1) is 11.9. The van der Waals surface area contributed by atoms with Gasteiger partial charge in [-0.25, -0.2) is 4.99 Å². The zero-order chi connectivity index (χ0) is 18.1. The van der Waals surface area contributed by atoms with Gasteiger partial charge in [-0.15, -0.1) is 0 Å². The fourth-order valence-corrected chi connectivity index (χ4v) is 3.04. The van der Waals surface area contributed by atoms with Crippen molar-refractivity contribution in [2.75, 3.05) is 13.7 Å². The van der Waals surface area contributed by atoms with Gasteiger partial charge in [0.2, 0.25) is 0 Å². The van der Waals surface area contributed by atoms with E-state index < -0.39 is 0 Å². The van der Waals surface area contributed by atoms with Gasteiger partial charge in [-0.1, -0.05) is 6.58 Å². The number of hydrogen-bond donors (Lipinski definition) is 0. The van der Waals surface area contributed by atoms with Crippen molar-refractivity contribution in [3.63, 3.8) is 0 Å². The quantitative estimate of drug-likeness (QED) is 0.527. The summed E-state index contributed by atoms with van der Waals surface area (Å²) in [5, 5.41) is 1.83. The number of carbonyl (C=O) groups is 1. The predicted octanol–water partition coefficient (Wildman–Crippen LogP) is 3.69. The molecule has 1 aliphatic heterocycles. The standard InChI is InChI=1S/C21H23NO3/c1-12-13(2)15(4)21-20(14(12)3)22-17-9-8-16(11-19(17)25-21)18(23)7-6-10-24-5/h8-9,11H,2,6-7,10H2,1,3-5H3. The maximum absolute atomic E-state index is 12.3. The number of Topliss-reactive ketones (excluding diaryl/α,β-unsaturated/α-hetero) is 1. The van der Waals surface area contributed by atoms with Crippen molar-refractivity contribution >= 4 is 18.0 Å². The zero-order valence-corrected chi connectivity index (χ0v) is 15.2. The minimum absolute atomic E-state index is 0.0869. The molecular formula is C21H23NO3. The van der Waals surface area contributed by atoms with E-state index in [1.807, 2.05) is 26.0 Å². The van der Waals surface area contributed by atoms with Crippen LogP contribution in [0.15, 0.2) is 23.2 Å². The number of hydrogen-bond acceptors (Lipinski definition) is 4. The van der Waals surface area contributed by atoms with Gasteiger partial charge in [-0.3, -0.25) is 4.79 Å². The normalized spacial score (nSPS) is 12.0. The highest BCUT2D eigenvalue weighted by atomic mass is 16.5. The number of carbonyl (C=O) groups excluding carboxylic acids is 1. The average molecular weight is 337 g/mol. The van der Waals surface area contributed by atoms with Crippen LogP contribution >= 0.6 is 0 Å². The van der Waals surface area contributed by atoms with Crippen LogP contribution in [0, 0.1) is 20.8 Å². The Morgan fingerprint density at radius 3 is 2.68 bits per heavy atom. The lowest BCUT2D eigenvalue weighted by Crippen LogP contribution is -2.24. The van der Waals surface area contributed by atoms with Crippen molar-refractivity contribution in [3.05, 3.63) is 51.0 Å². The fraction of sp³-hybridized carbons (Fsp3) is 0.333. The minimum atomic E-state index is 0.0869. The number of methoxy groups -OCH3 is 1. The number of rotatable bonds is 5. The molecule has 130 valence electrons. The highest BCUT2D eigenvalue weighted by Crippen LogP contribution is 2.36. The van der Waals surface area contributed by atoms with Gasteiger partial charge in [0.15, 0.2) is 17.3 Å². The maximum atomic E-state index is 12.3. The molecule has 4 heteroatoms. The van der Waals surface area contributed by atoms with Crippen LogP contribution in [0.4, 0.5) is 5.69 Å². The molecule has 0 aliphatic carbocycles. The summed E-state index contributed by atoms with van der Waals surface area (Å²) < 4.78 is 11.1. The molecule has 0 N–H and O–H groups in total. The van der Waals surface area contributed by atoms with Crippen LogP contribution in [-0.4, -0.2) is 19.5 Å². The van der Waals surface area contributed by atoms with Crippen LogP contribution in [0.2, 0.25) is 0 Å². The Balaban J connectivity index is 2.02. The Kier molecular flexibility index (Phi) is 4.73. The summed E-state index contributed by atoms with van der Waals surface area (Å²) in [6.45, 7) is 10.8. The number of ketones is 1. The first-order valence-electron chi connectivity index (χ1n) is 8.45. The van der Waals surface area contributed by atoms with Gasteiger partial charge in [-0.2, -0.15) is 0 Å². The van der Waals surface area contributed by atoms with Crippen LogP contribution in [0.5, 0.6) is 11.5 Å². The molecule has 2 aromatic carbocycles. The SMILES string of the molecule is C=c1c(C)c(C)c2c(c1C)Oc1cc(C(=O)CCCOC)ccc1N=2. The molecule has 0 bridgehead atoms. The monoisotopic (exact) mass is 337 g/mol. The highest BCUT2D eigenvalue weighted by molar-refractivity contribution is 5.97. The number of nitrogens with zero attached hydrogens (tertiary/aromatic N) is 1. The van der Waals surface area contributed by atoms with E-state index in [0.717, 1.165) is 38.7 Å². The Hall–Kier alpha value is -2.46. The topological polar surface area (TPSA) is 47.9 Å². The Bertz CT molecular complexity index is 960. The highest BCUT2D eigenvalue weighted by Gasteiger charge is 2.19. The molecule has 0 atom stereocenters. The molecule has 0 radical (unpaired) electrons. The summed E-state index contributed by atoms with van der Waals surface area (Å²) in [7, 11) is 1.64. The predicted molar refractivity (Wildman–Crippen MR) is 98.6 cm³/mol. The minimum Gasteiger partial charge on any atom is -0.452 e. The second-order valence-corrected chi connectivity index (χ2v) is 6.45. The molecule has 0 saturated carbocycles. The smallest absolute Gasteiger partial charge is 0.163 e. The zero-order valence-electron chi connectivity index (χ0n) is 15.2. The lowest BCUT2D eigenvalue weighted by molar-refractivity contribution is 0.0963. The first kappa shape index (κ1) is 17.4. The van der Waals surface area contributed by atoms with Gasteiger partial charge >= 0.3 is 0 Å². The molecule has 1 heterocycles. The molecule has 2 aromatic rings. The Labute approximate surface area is 147 Å². The van der Waals surface area contributed by atoms with Gasteiger partial charge < -0.3 is 9.47 Å². The lowest BCUT2D eigenvalue weighted by atomic mass is 10.0. The molecule has 25 heavy (non-hydrogen) atoms. The van der Waals surface area contributed by atoms with Crippen molar-refractivity contribution in [2.24, 2.45) is 4.99 Å². The van der Waals surface area contributed by atoms with E-state index in [4.69, 9.17) is 14.5 Å². The van der Waals surface area contributed by atoms with Crippen molar-refractivity contribution in [1.82, 2.24) is 0 Å². The summed E-state index contributed by atoms with van der Waals surface area (Å²) in [5.41, 5.74) is 4.60. The maximum Gasteiger partial charge on any atom is 0.163 e. The van der Waals surface area contributed by atoms with E-state index in [9.17, 15) is 4.79 Å². The van der Waals surface area contributed by atoms with E-state index in [1.54, 1.807) is 13.2 Å². The summed E-state index contributed by atoms with van der Waals surface area (Å²) in [4.78, 5) is 17.1. The third-order valence-electron chi connectivity index (χ3n) is 4.86. The second kappa shape index (κ2) is 6.81. The summed E-state index contributed by atoms with van der Waals surface area (Å²) in [6, 6.07) is 5.45. The molecule has 0 aromatic heterocycles. The van der Waals surface area contributed by atoms with Crippen LogP contribution in [0.1, 0.15) is 39.9 Å². The molecule has 4 nitrogen and oxygen atoms in total. The van der Waals surface area contributed by atoms with Gasteiger partial charge in [0.05, 0.1) is 0 Å². The van der Waals surface area contributed by atoms with Crippen LogP contribution in [0.25, 0.3) is 6.58 Å². The summed E-state index contributed by atoms with van der Waals surface area (Å²) in [5.74, 6) is 1.45. The summed E-state index contributed by atoms with van der Waals surface area (Å²) >= 11 is 0. The van der Waals surface area contributed by atoms with Crippen molar-refractivity contribution < 1.29 is 14.3 Å². The molecule has 0 spiro atoms. The Morgan fingerprint density at radius 2 is 1.96 bits per heavy atom. The molecule has 3 rings (SSSR count). The van der Waals surface area contributed by atoms with Crippen molar-refractivity contribution in [2.45, 2.75) is 33.6 Å². The molecule has 0 fully saturated rings. The first-order valence-corrected chi connectivity index (χ1v) is 8.45. The second-order valence-electron chi connectivity index (χ2n) is 6.45. The molecule has 0 saturated heterocycles. The molecular weight excluding hydrogens is 314 g/mol. The molecule has 0 amide bonds. The van der Waals surface area contributed by atoms with Crippen molar-refractivity contribution in [3.8, 4) is 11.5 Å². The average Bonchev–Trinajstić information content (AvgIpc) is 2.63. The van der Waals surface area contributed by atoms with E-state index in [-0.39, 0.29) is 5.78 Å². The van der Waals surface area contributed by atoms with Gasteiger partial charge in [-0.05, 0) is 61.7 Å². The van der Waals surface area contributed by atoms with Gasteiger partial charge in [0.25, 0.3) is 0 Å². The van der Waals surface area contributed by atoms with Crippen molar-refractivity contribution in [1.29, 1.82) is 0 Å². The Morgan fingerprint density at radius 1 is 1.20 bits per heavy atom. The molecule has 0 unspecified atom stereocenters. The molecule has 1 aliphatic rings. The van der Waals surface area contributed by atoms with Gasteiger partial charge in [0.1, 0.15) is 11.0 Å². The van der Waals surface area contributed by atoms with E-state index in [0.29, 0.717) is 30.8 Å². The third kappa shape index (κ3) is 3.10. The van der Waals surface area contributed by atoms with E-state index >= 15 is 0 Å². The van der Waals surface area contributed by atoms with Crippen LogP contribution < -0.4 is 15.3 Å². The number of ether oxygens (including phenoxy) is 2. The van der Waals surface area contributed by atoms with E-state index in [2.05, 4.69) is 13.5 Å². The fourth-order valence-electron chi connectivity index (χ4n) is 3.04. The lowest BCUT2D eigenvalue weighted by Gasteiger charge is -2.19. The van der Waals surface area contributed by atoms with Crippen LogP contribution in [-0.2, 0) is 4.74 Å². The van der Waals surface area contributed by atoms with Crippen LogP contribution in [0.3, 0.4) is 0 Å². The number of benzene rings is 2. The number of fused-ring (bicyclic) bond motifs is 2.